The van der Waals surface area contributed by atoms with E-state index in [2.05, 4.69) is 94.6 Å². The van der Waals surface area contributed by atoms with Gasteiger partial charge in [-0.3, -0.25) is 0 Å². The molecule has 6 heteroatoms. The number of hydrogen-bond acceptors (Lipinski definition) is 4. The van der Waals surface area contributed by atoms with Crippen molar-refractivity contribution in [2.75, 3.05) is 9.80 Å². The Hall–Kier alpha value is -6.42. The van der Waals surface area contributed by atoms with Gasteiger partial charge in [0.25, 0.3) is 0 Å². The third-order valence-corrected chi connectivity index (χ3v) is 12.8. The fraction of sp³-hybridized carbons (Fsp3) is 0.250. The van der Waals surface area contributed by atoms with Crippen LogP contribution >= 0.6 is 0 Å². The number of anilines is 4. The molecule has 0 amide bonds. The molecular formula is C64H63N4OPt-3. The number of rotatable bonds is 7. The van der Waals surface area contributed by atoms with Crippen molar-refractivity contribution >= 4 is 44.6 Å². The fourth-order valence-electron chi connectivity index (χ4n) is 8.78. The summed E-state index contributed by atoms with van der Waals surface area (Å²) in [6, 6.07) is 39.0. The van der Waals surface area contributed by atoms with E-state index in [1.807, 2.05) is 113 Å². The van der Waals surface area contributed by atoms with E-state index in [9.17, 15) is 11.0 Å². The molecular weight excluding hydrogens is 1040 g/mol. The Morgan fingerprint density at radius 3 is 1.66 bits per heavy atom. The Morgan fingerprint density at radius 1 is 0.514 bits per heavy atom. The molecule has 0 saturated heterocycles. The molecule has 0 saturated carbocycles. The second-order valence-electron chi connectivity index (χ2n) is 22.1. The predicted octanol–water partition coefficient (Wildman–Crippen LogP) is 17.5. The van der Waals surface area contributed by atoms with Gasteiger partial charge in [-0.2, -0.15) is 6.07 Å². The molecule has 3 heterocycles. The first-order chi connectivity index (χ1) is 36.1. The first kappa shape index (κ1) is 39.3. The summed E-state index contributed by atoms with van der Waals surface area (Å²) in [5.74, 6) is 1.69. The smallest absolute Gasteiger partial charge is 0.135 e. The van der Waals surface area contributed by atoms with E-state index in [-0.39, 0.29) is 102 Å². The van der Waals surface area contributed by atoms with E-state index in [1.54, 1.807) is 18.2 Å². The van der Waals surface area contributed by atoms with Gasteiger partial charge in [0, 0.05) is 72.5 Å². The third kappa shape index (κ3) is 9.22. The van der Waals surface area contributed by atoms with Gasteiger partial charge >= 0.3 is 0 Å². The standard InChI is InChI=1S/C64H63N4O.Pt/c1-61(2,3)44-28-24-42(25-29-44)51-19-17-20-52(43-26-30-45(31-27-43)62(4,5)6)60(51)67-41-66(56-22-15-16-23-57(56)67)48-36-47(64(10,11)12)37-50(39-48)69-49-32-33-54-53-18-13-14-21-55(53)68(58(54)40-49)59-38-46(34-35-65-59)63(7,8)9;/h13-38,41H,1-12H3;/q-3;/i24D,25D,26D,27D,28D,29D,30D,31D;. The quantitative estimate of drug-likeness (QED) is 0.149. The van der Waals surface area contributed by atoms with Gasteiger partial charge in [-0.15, -0.1) is 53.6 Å². The summed E-state index contributed by atoms with van der Waals surface area (Å²) >= 11 is 0. The van der Waals surface area contributed by atoms with Gasteiger partial charge in [0.2, 0.25) is 0 Å². The van der Waals surface area contributed by atoms with Crippen LogP contribution in [0.25, 0.3) is 49.9 Å². The summed E-state index contributed by atoms with van der Waals surface area (Å²) in [7, 11) is 0. The Balaban J connectivity index is 0.00000740. The molecule has 0 radical (unpaired) electrons. The first-order valence-corrected chi connectivity index (χ1v) is 23.6. The van der Waals surface area contributed by atoms with E-state index >= 15 is 0 Å². The van der Waals surface area contributed by atoms with Crippen LogP contribution < -0.4 is 14.5 Å². The van der Waals surface area contributed by atoms with Gasteiger partial charge in [-0.25, -0.2) is 4.98 Å². The van der Waals surface area contributed by atoms with Crippen LogP contribution in [0.4, 0.5) is 22.7 Å². The summed E-state index contributed by atoms with van der Waals surface area (Å²) in [6.45, 7) is 26.0. The van der Waals surface area contributed by atoms with E-state index in [0.29, 0.717) is 39.7 Å². The van der Waals surface area contributed by atoms with Gasteiger partial charge in [0.1, 0.15) is 5.82 Å². The molecule has 1 aliphatic rings. The Kier molecular flexibility index (Phi) is 10.2. The number of para-hydroxylation sites is 4. The topological polar surface area (TPSA) is 33.5 Å². The van der Waals surface area contributed by atoms with Gasteiger partial charge in [0.05, 0.1) is 11.0 Å². The predicted molar refractivity (Wildman–Crippen MR) is 290 cm³/mol. The van der Waals surface area contributed by atoms with E-state index in [4.69, 9.17) is 9.72 Å². The molecule has 0 fully saturated rings. The molecule has 0 bridgehead atoms. The minimum atomic E-state index is -0.712. The molecule has 2 aromatic heterocycles. The molecule has 358 valence electrons. The van der Waals surface area contributed by atoms with Gasteiger partial charge < -0.3 is 19.1 Å². The molecule has 0 atom stereocenters. The minimum Gasteiger partial charge on any atom is -0.509 e. The number of pyridine rings is 1. The van der Waals surface area contributed by atoms with Crippen LogP contribution in [-0.2, 0) is 42.7 Å². The van der Waals surface area contributed by atoms with Crippen molar-refractivity contribution in [2.45, 2.75) is 105 Å². The second-order valence-corrected chi connectivity index (χ2v) is 22.1. The van der Waals surface area contributed by atoms with Crippen molar-refractivity contribution < 1.29 is 36.8 Å². The molecule has 0 aliphatic carbocycles. The fourth-order valence-corrected chi connectivity index (χ4v) is 8.78. The monoisotopic (exact) mass is 1110 g/mol. The van der Waals surface area contributed by atoms with Crippen molar-refractivity contribution in [3.05, 3.63) is 199 Å². The van der Waals surface area contributed by atoms with Crippen LogP contribution in [0.2, 0.25) is 0 Å². The van der Waals surface area contributed by atoms with Crippen LogP contribution in [0.3, 0.4) is 0 Å². The normalized spacial score (nSPS) is 14.8. The molecule has 1 aliphatic heterocycles. The van der Waals surface area contributed by atoms with Crippen LogP contribution in [0.5, 0.6) is 11.5 Å². The summed E-state index contributed by atoms with van der Waals surface area (Å²) in [6.07, 6.45) is 1.86. The Labute approximate surface area is 441 Å². The van der Waals surface area contributed by atoms with Gasteiger partial charge in [-0.1, -0.05) is 185 Å². The van der Waals surface area contributed by atoms with E-state index in [1.165, 1.54) is 0 Å². The maximum Gasteiger partial charge on any atom is 0.135 e. The maximum atomic E-state index is 9.57. The average molecular weight is 1110 g/mol. The van der Waals surface area contributed by atoms with Crippen LogP contribution in [0.1, 0.15) is 116 Å². The van der Waals surface area contributed by atoms with E-state index in [0.717, 1.165) is 44.4 Å². The summed E-state index contributed by atoms with van der Waals surface area (Å²) in [5, 5.41) is 2.07. The van der Waals surface area contributed by atoms with Crippen molar-refractivity contribution in [3.8, 4) is 39.6 Å². The number of nitrogens with zero attached hydrogens (tertiary/aromatic N) is 4. The number of benzene rings is 7. The first-order valence-electron chi connectivity index (χ1n) is 27.6. The molecule has 9 aromatic rings. The number of hydrogen-bond donors (Lipinski definition) is 0. The largest absolute Gasteiger partial charge is 0.509 e. The SMILES string of the molecule is [2H]c1c([2H])c(C(C)(C)C)c([2H])c([2H])c1-c1cccc(-c2c([2H])c([2H])c(C(C)(C)C)c([2H])c2[2H])c1N1[CH-]N(c2[c-]c(Oc3[c-]c4c(cc3)c3ccccc3n4-c3cc(C(C)(C)C)ccn3)cc(C(C)(C)C)c2)c2ccccc21.[Pt]. The van der Waals surface area contributed by atoms with Crippen molar-refractivity contribution in [1.82, 2.24) is 9.55 Å². The summed E-state index contributed by atoms with van der Waals surface area (Å²) < 4.78 is 84.5. The Bertz CT molecular complexity index is 3720. The zero-order valence-corrected chi connectivity index (χ0v) is 44.3. The summed E-state index contributed by atoms with van der Waals surface area (Å²) in [5.41, 5.74) is 5.66. The zero-order chi connectivity index (χ0) is 55.6. The average Bonchev–Trinajstić information content (AvgIpc) is 3.90. The minimum absolute atomic E-state index is 0. The van der Waals surface area contributed by atoms with Crippen molar-refractivity contribution in [2.24, 2.45) is 0 Å². The molecule has 70 heavy (non-hydrogen) atoms. The number of ether oxygens (including phenoxy) is 1. The molecule has 10 rings (SSSR count). The van der Waals surface area contributed by atoms with Crippen LogP contribution in [0, 0.1) is 18.8 Å². The van der Waals surface area contributed by atoms with Gasteiger partial charge in [0.15, 0.2) is 0 Å². The molecule has 5 nitrogen and oxygen atoms in total. The Morgan fingerprint density at radius 2 is 1.07 bits per heavy atom. The van der Waals surface area contributed by atoms with Crippen LogP contribution in [-0.4, -0.2) is 9.55 Å². The number of aromatic nitrogens is 2. The van der Waals surface area contributed by atoms with E-state index < -0.39 is 10.8 Å². The molecule has 0 N–H and O–H groups in total. The second kappa shape index (κ2) is 18.1. The maximum absolute atomic E-state index is 9.57. The number of fused-ring (bicyclic) bond motifs is 4. The van der Waals surface area contributed by atoms with Crippen molar-refractivity contribution in [1.29, 1.82) is 0 Å². The van der Waals surface area contributed by atoms with Crippen molar-refractivity contribution in [3.63, 3.8) is 0 Å². The summed E-state index contributed by atoms with van der Waals surface area (Å²) in [4.78, 5) is 8.73. The van der Waals surface area contributed by atoms with Crippen LogP contribution in [0.15, 0.2) is 158 Å². The zero-order valence-electron chi connectivity index (χ0n) is 50.0. The molecule has 7 aromatic carbocycles. The van der Waals surface area contributed by atoms with Gasteiger partial charge in [-0.05, 0) is 85.2 Å². The third-order valence-electron chi connectivity index (χ3n) is 12.8. The molecule has 0 unspecified atom stereocenters. The molecule has 0 spiro atoms.